The number of nitrogens with zero attached hydrogens (tertiary/aromatic N) is 3. The summed E-state index contributed by atoms with van der Waals surface area (Å²) in [4.78, 5) is 21.4. The number of benzene rings is 3. The maximum atomic E-state index is 13.3. The van der Waals surface area contributed by atoms with Crippen LogP contribution in [0.4, 0.5) is 0 Å². The molecule has 0 unspecified atom stereocenters. The lowest BCUT2D eigenvalue weighted by molar-refractivity contribution is 0.106. The van der Waals surface area contributed by atoms with Crippen LogP contribution in [-0.2, 0) is 30.3 Å². The van der Waals surface area contributed by atoms with Crippen molar-refractivity contribution < 1.29 is 30.1 Å². The van der Waals surface area contributed by atoms with Crippen molar-refractivity contribution in [3.63, 3.8) is 0 Å². The van der Waals surface area contributed by atoms with Crippen LogP contribution in [-0.4, -0.2) is 38.3 Å². The average molecular weight is 552 g/mol. The molecule has 4 aromatic rings. The molecule has 10 nitrogen and oxygen atoms in total. The van der Waals surface area contributed by atoms with Crippen molar-refractivity contribution in [2.45, 2.75) is 17.6 Å². The van der Waals surface area contributed by atoms with E-state index in [9.17, 15) is 21.6 Å². The van der Waals surface area contributed by atoms with E-state index in [-0.39, 0.29) is 22.0 Å². The zero-order valence-electron chi connectivity index (χ0n) is 20.0. The van der Waals surface area contributed by atoms with Gasteiger partial charge in [0.25, 0.3) is 0 Å². The van der Waals surface area contributed by atoms with Crippen LogP contribution in [0.5, 0.6) is 5.88 Å². The minimum Gasteiger partial charge on any atom is -0.358 e. The second-order valence-electron chi connectivity index (χ2n) is 7.92. The van der Waals surface area contributed by atoms with Crippen molar-refractivity contribution in [2.75, 3.05) is 0 Å². The highest BCUT2D eigenvalue weighted by Crippen LogP contribution is 2.19. The molecule has 0 aliphatic carbocycles. The maximum Gasteiger partial charge on any atom is 0.340 e. The molecule has 194 valence electrons. The van der Waals surface area contributed by atoms with Crippen molar-refractivity contribution in [3.8, 4) is 5.88 Å². The number of hydrogen-bond donors (Lipinski definition) is 0. The van der Waals surface area contributed by atoms with Crippen molar-refractivity contribution >= 4 is 31.7 Å². The van der Waals surface area contributed by atoms with Gasteiger partial charge in [-0.25, -0.2) is 4.98 Å². The number of hydrogen-bond acceptors (Lipinski definition) is 10. The molecule has 3 aromatic carbocycles. The molecular formula is C26H21N3O7S2. The third kappa shape index (κ3) is 6.87. The summed E-state index contributed by atoms with van der Waals surface area (Å²) in [6, 6.07) is 24.8. The fraction of sp³-hybridized carbons (Fsp3) is 0.0769. The number of oxime groups is 1. The van der Waals surface area contributed by atoms with Gasteiger partial charge in [-0.3, -0.25) is 9.08 Å². The van der Waals surface area contributed by atoms with Gasteiger partial charge in [0, 0.05) is 17.3 Å². The predicted molar refractivity (Wildman–Crippen MR) is 138 cm³/mol. The molecule has 38 heavy (non-hydrogen) atoms. The van der Waals surface area contributed by atoms with E-state index in [0.29, 0.717) is 5.56 Å². The minimum absolute atomic E-state index is 0.109. The van der Waals surface area contributed by atoms with Gasteiger partial charge in [-0.05, 0) is 24.6 Å². The smallest absolute Gasteiger partial charge is 0.340 e. The second-order valence-corrected chi connectivity index (χ2v) is 11.0. The molecule has 0 bridgehead atoms. The molecule has 4 rings (SSSR count). The van der Waals surface area contributed by atoms with Crippen LogP contribution in [0, 0.1) is 6.92 Å². The molecule has 1 aromatic heterocycles. The van der Waals surface area contributed by atoms with E-state index in [0.717, 1.165) is 0 Å². The molecule has 0 atom stereocenters. The van der Waals surface area contributed by atoms with Crippen LogP contribution < -0.4 is 4.18 Å². The number of carbonyl (C=O) groups is 1. The molecular weight excluding hydrogens is 530 g/mol. The summed E-state index contributed by atoms with van der Waals surface area (Å²) in [5, 5.41) is 3.62. The lowest BCUT2D eigenvalue weighted by Gasteiger charge is -2.10. The van der Waals surface area contributed by atoms with E-state index < -0.39 is 43.4 Å². The van der Waals surface area contributed by atoms with Crippen molar-refractivity contribution in [2.24, 2.45) is 5.16 Å². The molecule has 0 saturated heterocycles. The minimum atomic E-state index is -4.26. The summed E-state index contributed by atoms with van der Waals surface area (Å²) in [5.41, 5.74) is 0.277. The van der Waals surface area contributed by atoms with E-state index >= 15 is 0 Å². The number of ketones is 1. The SMILES string of the molecule is Cc1cc(OS(=O)(=O)c2ccccc2)nc(C(=NOS(=O)(=O)Cc2ccccc2)C(=O)c2ccccc2)n1. The van der Waals surface area contributed by atoms with Gasteiger partial charge in [0.1, 0.15) is 10.6 Å². The fourth-order valence-electron chi connectivity index (χ4n) is 3.24. The lowest BCUT2D eigenvalue weighted by Crippen LogP contribution is -2.22. The molecule has 0 fully saturated rings. The standard InChI is InChI=1S/C26H21N3O7S2/c1-19-17-23(35-38(33,34)22-15-9-4-10-16-22)28-26(27-19)24(25(30)21-13-7-3-8-14-21)29-36-37(31,32)18-20-11-5-2-6-12-20/h2-17H,18H2,1H3. The van der Waals surface area contributed by atoms with Gasteiger partial charge in [0.15, 0.2) is 11.5 Å². The number of aryl methyl sites for hydroxylation is 1. The second kappa shape index (κ2) is 11.3. The number of carbonyl (C=O) groups excluding carboxylic acids is 1. The summed E-state index contributed by atoms with van der Waals surface area (Å²) in [6.07, 6.45) is 0. The Labute approximate surface area is 219 Å². The summed E-state index contributed by atoms with van der Waals surface area (Å²) in [5.74, 6) is -2.02. The Hall–Kier alpha value is -4.42. The highest BCUT2D eigenvalue weighted by molar-refractivity contribution is 7.87. The molecule has 0 aliphatic rings. The Morgan fingerprint density at radius 3 is 2.03 bits per heavy atom. The Bertz CT molecular complexity index is 1680. The molecule has 0 aliphatic heterocycles. The summed E-state index contributed by atoms with van der Waals surface area (Å²) in [6.45, 7) is 1.52. The zero-order valence-corrected chi connectivity index (χ0v) is 21.6. The first-order chi connectivity index (χ1) is 18.1. The topological polar surface area (TPSA) is 142 Å². The Kier molecular flexibility index (Phi) is 7.93. The monoisotopic (exact) mass is 551 g/mol. The van der Waals surface area contributed by atoms with Crippen molar-refractivity contribution in [3.05, 3.63) is 120 Å². The Balaban J connectivity index is 1.72. The van der Waals surface area contributed by atoms with E-state index in [2.05, 4.69) is 15.1 Å². The van der Waals surface area contributed by atoms with Gasteiger partial charge in [-0.2, -0.15) is 21.8 Å². The predicted octanol–water partition coefficient (Wildman–Crippen LogP) is 3.69. The van der Waals surface area contributed by atoms with Gasteiger partial charge in [-0.15, -0.1) is 0 Å². The van der Waals surface area contributed by atoms with Crippen LogP contribution in [0.25, 0.3) is 0 Å². The number of rotatable bonds is 10. The molecule has 0 spiro atoms. The Morgan fingerprint density at radius 1 is 0.816 bits per heavy atom. The first kappa shape index (κ1) is 26.6. The molecule has 12 heteroatoms. The summed E-state index contributed by atoms with van der Waals surface area (Å²) >= 11 is 0. The quantitative estimate of drug-likeness (QED) is 0.125. The molecule has 1 heterocycles. The normalized spacial score (nSPS) is 12.1. The van der Waals surface area contributed by atoms with E-state index in [1.165, 1.54) is 49.4 Å². The first-order valence-corrected chi connectivity index (χ1v) is 14.1. The number of Topliss-reactive ketones (excluding diaryl/α,β-unsaturated/α-hetero) is 1. The Morgan fingerprint density at radius 2 is 1.39 bits per heavy atom. The van der Waals surface area contributed by atoms with E-state index in [1.54, 1.807) is 54.6 Å². The van der Waals surface area contributed by atoms with E-state index in [1.807, 2.05) is 0 Å². The van der Waals surface area contributed by atoms with Crippen molar-refractivity contribution in [1.82, 2.24) is 9.97 Å². The number of aromatic nitrogens is 2. The van der Waals surface area contributed by atoms with Crippen LogP contribution in [0.15, 0.2) is 107 Å². The third-order valence-corrected chi connectivity index (χ3v) is 7.18. The van der Waals surface area contributed by atoms with Crippen LogP contribution in [0.2, 0.25) is 0 Å². The van der Waals surface area contributed by atoms with E-state index in [4.69, 9.17) is 8.47 Å². The van der Waals surface area contributed by atoms with Crippen LogP contribution >= 0.6 is 0 Å². The summed E-state index contributed by atoms with van der Waals surface area (Å²) in [7, 11) is -8.52. The fourth-order valence-corrected chi connectivity index (χ4v) is 4.98. The first-order valence-electron chi connectivity index (χ1n) is 11.1. The maximum absolute atomic E-state index is 13.3. The molecule has 0 saturated carbocycles. The largest absolute Gasteiger partial charge is 0.358 e. The average Bonchev–Trinajstić information content (AvgIpc) is 2.89. The van der Waals surface area contributed by atoms with Gasteiger partial charge < -0.3 is 4.18 Å². The highest BCUT2D eigenvalue weighted by atomic mass is 32.2. The zero-order chi connectivity index (χ0) is 27.2. The van der Waals surface area contributed by atoms with Crippen LogP contribution in [0.3, 0.4) is 0 Å². The van der Waals surface area contributed by atoms with Gasteiger partial charge in [0.05, 0.1) is 0 Å². The summed E-state index contributed by atoms with van der Waals surface area (Å²) < 4.78 is 60.6. The molecule has 0 radical (unpaired) electrons. The third-order valence-electron chi connectivity index (χ3n) is 4.95. The van der Waals surface area contributed by atoms with Gasteiger partial charge in [-0.1, -0.05) is 84.0 Å². The van der Waals surface area contributed by atoms with Gasteiger partial charge >= 0.3 is 20.2 Å². The highest BCUT2D eigenvalue weighted by Gasteiger charge is 2.25. The molecule has 0 amide bonds. The molecule has 0 N–H and O–H groups in total. The van der Waals surface area contributed by atoms with Gasteiger partial charge in [0.2, 0.25) is 11.7 Å². The van der Waals surface area contributed by atoms with Crippen LogP contribution in [0.1, 0.15) is 27.4 Å². The van der Waals surface area contributed by atoms with Crippen molar-refractivity contribution in [1.29, 1.82) is 0 Å². The lowest BCUT2D eigenvalue weighted by atomic mass is 10.1.